The second-order valence-corrected chi connectivity index (χ2v) is 4.31. The van der Waals surface area contributed by atoms with Crippen LogP contribution in [0.3, 0.4) is 0 Å². The van der Waals surface area contributed by atoms with Gasteiger partial charge in [-0.3, -0.25) is 4.79 Å². The first-order chi connectivity index (χ1) is 6.77. The van der Waals surface area contributed by atoms with E-state index in [1.54, 1.807) is 0 Å². The maximum Gasteiger partial charge on any atom is 0.266 e. The number of halogens is 1. The van der Waals surface area contributed by atoms with Crippen molar-refractivity contribution >= 4 is 28.4 Å². The molecule has 0 radical (unpaired) electrons. The molecule has 0 aliphatic carbocycles. The molecule has 0 bridgehead atoms. The predicted octanol–water partition coefficient (Wildman–Crippen LogP) is 0.148. The Morgan fingerprint density at radius 1 is 1.64 bits per heavy atom. The van der Waals surface area contributed by atoms with Crippen LogP contribution < -0.4 is 16.2 Å². The van der Waals surface area contributed by atoms with Gasteiger partial charge in [0.1, 0.15) is 9.39 Å². The molecule has 14 heavy (non-hydrogen) atoms. The van der Waals surface area contributed by atoms with E-state index in [4.69, 9.17) is 0 Å². The van der Waals surface area contributed by atoms with E-state index in [1.165, 1.54) is 6.33 Å². The number of hydrogen-bond acceptors (Lipinski definition) is 4. The summed E-state index contributed by atoms with van der Waals surface area (Å²) in [5, 5.41) is 6.50. The van der Waals surface area contributed by atoms with Gasteiger partial charge < -0.3 is 15.6 Å². The Bertz CT molecular complexity index is 372. The van der Waals surface area contributed by atoms with Gasteiger partial charge in [0.05, 0.1) is 6.33 Å². The first-order valence-corrected chi connectivity index (χ1v) is 5.55. The van der Waals surface area contributed by atoms with Crippen molar-refractivity contribution in [1.29, 1.82) is 0 Å². The zero-order chi connectivity index (χ0) is 9.97. The molecule has 1 aliphatic rings. The topological polar surface area (TPSA) is 69.8 Å². The smallest absolute Gasteiger partial charge is 0.266 e. The number of aromatic amines is 1. The summed E-state index contributed by atoms with van der Waals surface area (Å²) in [5.41, 5.74) is -0.0888. The lowest BCUT2D eigenvalue weighted by Crippen LogP contribution is -2.25. The highest BCUT2D eigenvalue weighted by molar-refractivity contribution is 14.1. The van der Waals surface area contributed by atoms with Crippen LogP contribution in [0.1, 0.15) is 6.42 Å². The third-order valence-electron chi connectivity index (χ3n) is 2.20. The molecule has 76 valence electrons. The van der Waals surface area contributed by atoms with Gasteiger partial charge in [-0.2, -0.15) is 0 Å². The minimum atomic E-state index is -0.0888. The standard InChI is InChI=1S/C8H11IN4O/c9-6-7(11-4-12-8(6)14)13-5-1-2-10-3-5/h4-5,10H,1-3H2,(H2,11,12,13,14). The van der Waals surface area contributed by atoms with Crippen molar-refractivity contribution in [2.24, 2.45) is 0 Å². The first-order valence-electron chi connectivity index (χ1n) is 4.48. The van der Waals surface area contributed by atoms with Crippen LogP contribution in [0, 0.1) is 3.57 Å². The summed E-state index contributed by atoms with van der Waals surface area (Å²) < 4.78 is 0.622. The van der Waals surface area contributed by atoms with Crippen LogP contribution in [0.2, 0.25) is 0 Å². The average Bonchev–Trinajstić information content (AvgIpc) is 2.66. The predicted molar refractivity (Wildman–Crippen MR) is 62.5 cm³/mol. The minimum absolute atomic E-state index is 0.0888. The van der Waals surface area contributed by atoms with Crippen molar-refractivity contribution in [3.63, 3.8) is 0 Å². The molecule has 0 spiro atoms. The zero-order valence-corrected chi connectivity index (χ0v) is 9.67. The Hall–Kier alpha value is -0.630. The molecule has 1 fully saturated rings. The molecule has 1 atom stereocenters. The Kier molecular flexibility index (Phi) is 3.02. The van der Waals surface area contributed by atoms with Crippen LogP contribution >= 0.6 is 22.6 Å². The summed E-state index contributed by atoms with van der Waals surface area (Å²) in [4.78, 5) is 17.9. The summed E-state index contributed by atoms with van der Waals surface area (Å²) >= 11 is 2.00. The van der Waals surface area contributed by atoms with Crippen molar-refractivity contribution < 1.29 is 0 Å². The minimum Gasteiger partial charge on any atom is -0.365 e. The second-order valence-electron chi connectivity index (χ2n) is 3.23. The fourth-order valence-electron chi connectivity index (χ4n) is 1.45. The lowest BCUT2D eigenvalue weighted by Gasteiger charge is -2.12. The third-order valence-corrected chi connectivity index (χ3v) is 3.20. The fraction of sp³-hybridized carbons (Fsp3) is 0.500. The largest absolute Gasteiger partial charge is 0.365 e. The molecule has 1 aromatic heterocycles. The molecule has 5 nitrogen and oxygen atoms in total. The molecular formula is C8H11IN4O. The highest BCUT2D eigenvalue weighted by Gasteiger charge is 2.16. The molecule has 3 N–H and O–H groups in total. The van der Waals surface area contributed by atoms with Crippen molar-refractivity contribution in [1.82, 2.24) is 15.3 Å². The quantitative estimate of drug-likeness (QED) is 0.680. The van der Waals surface area contributed by atoms with Gasteiger partial charge in [-0.25, -0.2) is 4.98 Å². The summed E-state index contributed by atoms with van der Waals surface area (Å²) in [7, 11) is 0. The number of anilines is 1. The molecule has 1 aromatic rings. The molecule has 6 heteroatoms. The van der Waals surface area contributed by atoms with Crippen LogP contribution in [-0.2, 0) is 0 Å². The molecule has 2 rings (SSSR count). The number of nitrogens with zero attached hydrogens (tertiary/aromatic N) is 1. The van der Waals surface area contributed by atoms with E-state index in [0.717, 1.165) is 19.5 Å². The molecule has 0 aromatic carbocycles. The maximum absolute atomic E-state index is 11.3. The van der Waals surface area contributed by atoms with Crippen molar-refractivity contribution in [2.75, 3.05) is 18.4 Å². The number of nitrogens with one attached hydrogen (secondary N) is 3. The van der Waals surface area contributed by atoms with Crippen LogP contribution in [0.25, 0.3) is 0 Å². The Morgan fingerprint density at radius 2 is 2.50 bits per heavy atom. The van der Waals surface area contributed by atoms with Crippen LogP contribution in [0.4, 0.5) is 5.82 Å². The second kappa shape index (κ2) is 4.26. The highest BCUT2D eigenvalue weighted by Crippen LogP contribution is 2.12. The van der Waals surface area contributed by atoms with Crippen molar-refractivity contribution in [3.05, 3.63) is 20.3 Å². The van der Waals surface area contributed by atoms with Gasteiger partial charge in [0.15, 0.2) is 0 Å². The van der Waals surface area contributed by atoms with E-state index >= 15 is 0 Å². The maximum atomic E-state index is 11.3. The average molecular weight is 306 g/mol. The van der Waals surface area contributed by atoms with Gasteiger partial charge in [-0.05, 0) is 35.6 Å². The van der Waals surface area contributed by atoms with Gasteiger partial charge in [-0.1, -0.05) is 0 Å². The summed E-state index contributed by atoms with van der Waals surface area (Å²) in [6, 6.07) is 0.387. The molecule has 1 unspecified atom stereocenters. The van der Waals surface area contributed by atoms with E-state index in [-0.39, 0.29) is 5.56 Å². The lowest BCUT2D eigenvalue weighted by molar-refractivity contribution is 0.785. The van der Waals surface area contributed by atoms with Gasteiger partial charge in [-0.15, -0.1) is 0 Å². The Labute approximate surface area is 94.8 Å². The Balaban J connectivity index is 2.15. The zero-order valence-electron chi connectivity index (χ0n) is 7.51. The fourth-order valence-corrected chi connectivity index (χ4v) is 1.91. The monoisotopic (exact) mass is 306 g/mol. The highest BCUT2D eigenvalue weighted by atomic mass is 127. The van der Waals surface area contributed by atoms with E-state index < -0.39 is 0 Å². The van der Waals surface area contributed by atoms with Crippen LogP contribution in [0.15, 0.2) is 11.1 Å². The van der Waals surface area contributed by atoms with Gasteiger partial charge in [0.2, 0.25) is 0 Å². The van der Waals surface area contributed by atoms with E-state index in [0.29, 0.717) is 15.4 Å². The number of aromatic nitrogens is 2. The normalized spacial score (nSPS) is 21.1. The van der Waals surface area contributed by atoms with E-state index in [9.17, 15) is 4.79 Å². The molecule has 0 amide bonds. The molecule has 2 heterocycles. The summed E-state index contributed by atoms with van der Waals surface area (Å²) in [5.74, 6) is 0.683. The SMILES string of the molecule is O=c1[nH]cnc(NC2CCNC2)c1I. The van der Waals surface area contributed by atoms with Gasteiger partial charge >= 0.3 is 0 Å². The summed E-state index contributed by atoms with van der Waals surface area (Å²) in [6.45, 7) is 1.96. The van der Waals surface area contributed by atoms with Crippen molar-refractivity contribution in [3.8, 4) is 0 Å². The van der Waals surface area contributed by atoms with Gasteiger partial charge in [0, 0.05) is 12.6 Å². The number of rotatable bonds is 2. The van der Waals surface area contributed by atoms with Crippen molar-refractivity contribution in [2.45, 2.75) is 12.5 Å². The molecule has 0 saturated carbocycles. The Morgan fingerprint density at radius 3 is 3.21 bits per heavy atom. The van der Waals surface area contributed by atoms with E-state index in [2.05, 4.69) is 20.6 Å². The van der Waals surface area contributed by atoms with Crippen LogP contribution in [-0.4, -0.2) is 29.1 Å². The molecular weight excluding hydrogens is 295 g/mol. The summed E-state index contributed by atoms with van der Waals surface area (Å²) in [6.07, 6.45) is 2.50. The molecule has 1 saturated heterocycles. The number of H-pyrrole nitrogens is 1. The lowest BCUT2D eigenvalue weighted by atomic mass is 10.2. The third kappa shape index (κ3) is 2.06. The van der Waals surface area contributed by atoms with E-state index in [1.807, 2.05) is 22.6 Å². The van der Waals surface area contributed by atoms with Crippen LogP contribution in [0.5, 0.6) is 0 Å². The van der Waals surface area contributed by atoms with Gasteiger partial charge in [0.25, 0.3) is 5.56 Å². The number of hydrogen-bond donors (Lipinski definition) is 3. The first kappa shape index (κ1) is 9.91. The molecule has 1 aliphatic heterocycles.